The zero-order valence-electron chi connectivity index (χ0n) is 8.16. The van der Waals surface area contributed by atoms with Crippen molar-refractivity contribution in [3.05, 3.63) is 41.7 Å². The van der Waals surface area contributed by atoms with Crippen LogP contribution in [0.25, 0.3) is 11.3 Å². The molecule has 0 atom stereocenters. The Balaban J connectivity index is 2.52. The van der Waals surface area contributed by atoms with Gasteiger partial charge in [-0.25, -0.2) is 0 Å². The predicted molar refractivity (Wildman–Crippen MR) is 53.3 cm³/mol. The molecule has 0 saturated carbocycles. The number of hydrogen-bond donors (Lipinski definition) is 1. The zero-order chi connectivity index (χ0) is 9.97. The first kappa shape index (κ1) is 8.97. The predicted octanol–water partition coefficient (Wildman–Crippen LogP) is 1.39. The van der Waals surface area contributed by atoms with Crippen LogP contribution in [0.5, 0.6) is 0 Å². The van der Waals surface area contributed by atoms with E-state index in [9.17, 15) is 0 Å². The summed E-state index contributed by atoms with van der Waals surface area (Å²) < 4.78 is 5.15. The van der Waals surface area contributed by atoms with Gasteiger partial charge in [-0.2, -0.15) is 0 Å². The van der Waals surface area contributed by atoms with E-state index in [4.69, 9.17) is 4.52 Å². The molecule has 0 radical (unpaired) electrons. The molecule has 0 aliphatic carbocycles. The van der Waals surface area contributed by atoms with Crippen LogP contribution in [0.2, 0.25) is 0 Å². The average molecular weight is 189 g/mol. The fraction of sp³-hybridized carbons (Fsp3) is 0.182. The molecular weight excluding hydrogens is 176 g/mol. The van der Waals surface area contributed by atoms with Gasteiger partial charge in [0, 0.05) is 5.56 Å². The molecule has 0 spiro atoms. The summed E-state index contributed by atoms with van der Waals surface area (Å²) in [7, 11) is 0. The summed E-state index contributed by atoms with van der Waals surface area (Å²) in [4.78, 5) is 0. The van der Waals surface area contributed by atoms with Gasteiger partial charge in [0.2, 0.25) is 0 Å². The Kier molecular flexibility index (Phi) is 2.33. The van der Waals surface area contributed by atoms with E-state index in [1.54, 1.807) is 0 Å². The minimum Gasteiger partial charge on any atom is -0.361 e. The fourth-order valence-electron chi connectivity index (χ4n) is 1.51. The summed E-state index contributed by atoms with van der Waals surface area (Å²) in [6, 6.07) is 10.0. The van der Waals surface area contributed by atoms with Gasteiger partial charge in [0.15, 0.2) is 0 Å². The van der Waals surface area contributed by atoms with Gasteiger partial charge in [0.05, 0.1) is 5.56 Å². The summed E-state index contributed by atoms with van der Waals surface area (Å²) >= 11 is 0. The summed E-state index contributed by atoms with van der Waals surface area (Å²) in [5, 5.41) is 4.04. The van der Waals surface area contributed by atoms with Crippen LogP contribution in [0.4, 0.5) is 0 Å². The Morgan fingerprint density at radius 3 is 2.64 bits per heavy atom. The van der Waals surface area contributed by atoms with Crippen molar-refractivity contribution < 1.29 is 10.3 Å². The highest BCUT2D eigenvalue weighted by Crippen LogP contribution is 2.23. The van der Waals surface area contributed by atoms with E-state index in [0.29, 0.717) is 6.54 Å². The monoisotopic (exact) mass is 189 g/mol. The largest absolute Gasteiger partial charge is 0.361 e. The molecule has 1 heterocycles. The third kappa shape index (κ3) is 1.42. The molecule has 0 amide bonds. The number of hydrogen-bond acceptors (Lipinski definition) is 2. The van der Waals surface area contributed by atoms with Crippen molar-refractivity contribution in [2.75, 3.05) is 0 Å². The molecule has 1 aromatic carbocycles. The second kappa shape index (κ2) is 3.64. The minimum absolute atomic E-state index is 0.708. The lowest BCUT2D eigenvalue weighted by molar-refractivity contribution is -0.386. The maximum Gasteiger partial charge on any atom is 0.143 e. The molecule has 2 rings (SSSR count). The topological polar surface area (TPSA) is 53.7 Å². The van der Waals surface area contributed by atoms with Crippen LogP contribution >= 0.6 is 0 Å². The van der Waals surface area contributed by atoms with E-state index in [0.717, 1.165) is 22.6 Å². The van der Waals surface area contributed by atoms with Crippen molar-refractivity contribution >= 4 is 0 Å². The van der Waals surface area contributed by atoms with E-state index in [-0.39, 0.29) is 0 Å². The molecule has 72 valence electrons. The molecule has 0 aliphatic heterocycles. The number of quaternary nitrogens is 1. The summed E-state index contributed by atoms with van der Waals surface area (Å²) in [6.07, 6.45) is 0. The van der Waals surface area contributed by atoms with Gasteiger partial charge in [-0.15, -0.1) is 0 Å². The molecule has 0 saturated heterocycles. The Hall–Kier alpha value is -1.61. The number of nitrogens with zero attached hydrogens (tertiary/aromatic N) is 1. The summed E-state index contributed by atoms with van der Waals surface area (Å²) in [6.45, 7) is 2.62. The third-order valence-electron chi connectivity index (χ3n) is 2.28. The Morgan fingerprint density at radius 2 is 2.00 bits per heavy atom. The van der Waals surface area contributed by atoms with Gasteiger partial charge in [0.1, 0.15) is 18.0 Å². The van der Waals surface area contributed by atoms with Crippen LogP contribution in [-0.4, -0.2) is 5.16 Å². The molecule has 3 nitrogen and oxygen atoms in total. The second-order valence-corrected chi connectivity index (χ2v) is 3.18. The third-order valence-corrected chi connectivity index (χ3v) is 2.28. The van der Waals surface area contributed by atoms with Crippen LogP contribution in [0.3, 0.4) is 0 Å². The SMILES string of the molecule is Cc1onc(-c2ccccc2)c1C[NH3+]. The lowest BCUT2D eigenvalue weighted by Crippen LogP contribution is -2.47. The Bertz CT molecular complexity index is 420. The molecule has 3 heteroatoms. The van der Waals surface area contributed by atoms with E-state index >= 15 is 0 Å². The number of aryl methyl sites for hydroxylation is 1. The highest BCUT2D eigenvalue weighted by molar-refractivity contribution is 5.62. The molecule has 1 aromatic heterocycles. The first-order valence-electron chi connectivity index (χ1n) is 4.62. The van der Waals surface area contributed by atoms with Gasteiger partial charge in [0.25, 0.3) is 0 Å². The fourth-order valence-corrected chi connectivity index (χ4v) is 1.51. The lowest BCUT2D eigenvalue weighted by Gasteiger charge is -1.96. The molecule has 0 aliphatic rings. The first-order valence-corrected chi connectivity index (χ1v) is 4.62. The van der Waals surface area contributed by atoms with Crippen LogP contribution in [0.15, 0.2) is 34.9 Å². The van der Waals surface area contributed by atoms with Gasteiger partial charge in [-0.1, -0.05) is 35.5 Å². The van der Waals surface area contributed by atoms with Gasteiger partial charge in [-0.3, -0.25) is 0 Å². The molecule has 0 unspecified atom stereocenters. The van der Waals surface area contributed by atoms with Crippen LogP contribution in [0.1, 0.15) is 11.3 Å². The minimum atomic E-state index is 0.708. The van der Waals surface area contributed by atoms with Crippen molar-refractivity contribution in [2.24, 2.45) is 0 Å². The quantitative estimate of drug-likeness (QED) is 0.776. The molecule has 3 N–H and O–H groups in total. The number of aromatic nitrogens is 1. The van der Waals surface area contributed by atoms with Crippen molar-refractivity contribution in [3.8, 4) is 11.3 Å². The van der Waals surface area contributed by atoms with Gasteiger partial charge < -0.3 is 10.3 Å². The van der Waals surface area contributed by atoms with E-state index in [1.807, 2.05) is 37.3 Å². The van der Waals surface area contributed by atoms with E-state index in [1.165, 1.54) is 0 Å². The standard InChI is InChI=1S/C11H12N2O/c1-8-10(7-12)11(13-14-8)9-5-3-2-4-6-9/h2-6H,7,12H2,1H3/p+1. The summed E-state index contributed by atoms with van der Waals surface area (Å²) in [5.74, 6) is 0.860. The molecule has 14 heavy (non-hydrogen) atoms. The van der Waals surface area contributed by atoms with Gasteiger partial charge >= 0.3 is 0 Å². The number of benzene rings is 1. The van der Waals surface area contributed by atoms with Crippen LogP contribution < -0.4 is 5.73 Å². The van der Waals surface area contributed by atoms with Crippen molar-refractivity contribution in [3.63, 3.8) is 0 Å². The lowest BCUT2D eigenvalue weighted by atomic mass is 10.1. The van der Waals surface area contributed by atoms with Crippen LogP contribution in [0, 0.1) is 6.92 Å². The first-order chi connectivity index (χ1) is 6.83. The normalized spacial score (nSPS) is 10.4. The van der Waals surface area contributed by atoms with Gasteiger partial charge in [-0.05, 0) is 6.92 Å². The molecular formula is C11H13N2O+. The number of rotatable bonds is 2. The second-order valence-electron chi connectivity index (χ2n) is 3.18. The smallest absolute Gasteiger partial charge is 0.143 e. The average Bonchev–Trinajstić information content (AvgIpc) is 2.61. The zero-order valence-corrected chi connectivity index (χ0v) is 8.16. The van der Waals surface area contributed by atoms with Crippen molar-refractivity contribution in [1.29, 1.82) is 0 Å². The maximum absolute atomic E-state index is 5.15. The van der Waals surface area contributed by atoms with Crippen LogP contribution in [-0.2, 0) is 6.54 Å². The maximum atomic E-state index is 5.15. The molecule has 2 aromatic rings. The Morgan fingerprint density at radius 1 is 1.29 bits per heavy atom. The van der Waals surface area contributed by atoms with E-state index in [2.05, 4.69) is 10.9 Å². The Labute approximate surface area is 82.5 Å². The highest BCUT2D eigenvalue weighted by atomic mass is 16.5. The molecule has 0 fully saturated rings. The molecule has 0 bridgehead atoms. The highest BCUT2D eigenvalue weighted by Gasteiger charge is 2.13. The summed E-state index contributed by atoms with van der Waals surface area (Å²) in [5.41, 5.74) is 6.97. The van der Waals surface area contributed by atoms with Crippen molar-refractivity contribution in [2.45, 2.75) is 13.5 Å². The van der Waals surface area contributed by atoms with Crippen molar-refractivity contribution in [1.82, 2.24) is 5.16 Å². The van der Waals surface area contributed by atoms with E-state index < -0.39 is 0 Å².